The number of anilines is 1. The molecule has 2 aromatic heterocycles. The summed E-state index contributed by atoms with van der Waals surface area (Å²) in [6, 6.07) is 9.72. The normalized spacial score (nSPS) is 13.4. The minimum atomic E-state index is -0.428. The molecule has 4 rings (SSSR count). The third kappa shape index (κ3) is 2.34. The van der Waals surface area contributed by atoms with E-state index in [9.17, 15) is 14.7 Å². The van der Waals surface area contributed by atoms with E-state index in [0.717, 1.165) is 4.90 Å². The van der Waals surface area contributed by atoms with Crippen molar-refractivity contribution in [2.24, 2.45) is 0 Å². The molecule has 0 aliphatic carbocycles. The van der Waals surface area contributed by atoms with Gasteiger partial charge in [0.25, 0.3) is 17.8 Å². The molecule has 26 heavy (non-hydrogen) atoms. The molecule has 0 spiro atoms. The average molecular weight is 349 g/mol. The topological polar surface area (TPSA) is 101 Å². The highest BCUT2D eigenvalue weighted by atomic mass is 16.3. The Kier molecular flexibility index (Phi) is 3.54. The summed E-state index contributed by atoms with van der Waals surface area (Å²) in [7, 11) is 0. The highest BCUT2D eigenvalue weighted by Gasteiger charge is 2.38. The van der Waals surface area contributed by atoms with Gasteiger partial charge >= 0.3 is 0 Å². The summed E-state index contributed by atoms with van der Waals surface area (Å²) in [6.07, 6.45) is 0.589. The number of carbonyl (C=O) groups excluding carboxylic acids is 2. The maximum Gasteiger partial charge on any atom is 0.267 e. The van der Waals surface area contributed by atoms with Crippen LogP contribution >= 0.6 is 0 Å². The third-order valence-corrected chi connectivity index (χ3v) is 4.14. The monoisotopic (exact) mass is 349 g/mol. The molecule has 8 nitrogen and oxygen atoms in total. The summed E-state index contributed by atoms with van der Waals surface area (Å²) in [5.74, 6) is -0.721. The summed E-state index contributed by atoms with van der Waals surface area (Å²) in [6.45, 7) is 3.63. The number of aromatic nitrogens is 4. The zero-order valence-electron chi connectivity index (χ0n) is 14.2. The van der Waals surface area contributed by atoms with E-state index in [4.69, 9.17) is 0 Å². The molecular weight excluding hydrogens is 334 g/mol. The molecule has 0 bridgehead atoms. The van der Waals surface area contributed by atoms with E-state index in [0.29, 0.717) is 28.9 Å². The van der Waals surface area contributed by atoms with Gasteiger partial charge in [-0.2, -0.15) is 14.8 Å². The maximum absolute atomic E-state index is 12.8. The Morgan fingerprint density at radius 2 is 1.69 bits per heavy atom. The van der Waals surface area contributed by atoms with Gasteiger partial charge in [-0.05, 0) is 25.5 Å². The molecule has 0 radical (unpaired) electrons. The van der Waals surface area contributed by atoms with Crippen molar-refractivity contribution in [3.05, 3.63) is 58.9 Å². The molecule has 0 saturated carbocycles. The van der Waals surface area contributed by atoms with Crippen LogP contribution in [0.25, 0.3) is 5.95 Å². The second-order valence-corrected chi connectivity index (χ2v) is 5.92. The summed E-state index contributed by atoms with van der Waals surface area (Å²) < 4.78 is 1.30. The molecule has 0 atom stereocenters. The number of imide groups is 1. The first kappa shape index (κ1) is 15.9. The number of carbonyl (C=O) groups is 2. The lowest BCUT2D eigenvalue weighted by Crippen LogP contribution is -2.31. The van der Waals surface area contributed by atoms with E-state index in [1.807, 2.05) is 6.92 Å². The lowest BCUT2D eigenvalue weighted by atomic mass is 10.1. The predicted octanol–water partition coefficient (Wildman–Crippen LogP) is 2.04. The number of rotatable bonds is 3. The van der Waals surface area contributed by atoms with Crippen molar-refractivity contribution in [2.45, 2.75) is 20.3 Å². The molecule has 1 aliphatic heterocycles. The molecule has 8 heteroatoms. The minimum absolute atomic E-state index is 0.0986. The van der Waals surface area contributed by atoms with E-state index in [1.54, 1.807) is 37.3 Å². The smallest absolute Gasteiger partial charge is 0.267 e. The van der Waals surface area contributed by atoms with Crippen molar-refractivity contribution in [1.29, 1.82) is 0 Å². The van der Waals surface area contributed by atoms with Crippen LogP contribution in [0.1, 0.15) is 39.0 Å². The number of hydrogen-bond donors (Lipinski definition) is 1. The fourth-order valence-corrected chi connectivity index (χ4v) is 2.93. The maximum atomic E-state index is 12.8. The molecule has 0 fully saturated rings. The number of hydrogen-bond acceptors (Lipinski definition) is 6. The van der Waals surface area contributed by atoms with Gasteiger partial charge in [-0.25, -0.2) is 9.88 Å². The van der Waals surface area contributed by atoms with Gasteiger partial charge < -0.3 is 5.11 Å². The first-order valence-corrected chi connectivity index (χ1v) is 8.11. The van der Waals surface area contributed by atoms with Crippen LogP contribution in [0.5, 0.6) is 5.88 Å². The Morgan fingerprint density at radius 1 is 1.04 bits per heavy atom. The number of aromatic hydroxyl groups is 1. The van der Waals surface area contributed by atoms with Crippen LogP contribution in [0.15, 0.2) is 36.4 Å². The van der Waals surface area contributed by atoms with Gasteiger partial charge in [0.2, 0.25) is 5.88 Å². The van der Waals surface area contributed by atoms with E-state index in [2.05, 4.69) is 15.1 Å². The molecule has 1 aliphatic rings. The molecule has 3 heterocycles. The van der Waals surface area contributed by atoms with Crippen molar-refractivity contribution in [2.75, 3.05) is 4.90 Å². The summed E-state index contributed by atoms with van der Waals surface area (Å²) in [5.41, 5.74) is 1.89. The number of nitrogens with zero attached hydrogens (tertiary/aromatic N) is 5. The van der Waals surface area contributed by atoms with Crippen LogP contribution in [-0.4, -0.2) is 36.7 Å². The van der Waals surface area contributed by atoms with Crippen molar-refractivity contribution in [1.82, 2.24) is 19.7 Å². The van der Waals surface area contributed by atoms with Gasteiger partial charge in [-0.15, -0.1) is 0 Å². The van der Waals surface area contributed by atoms with Crippen molar-refractivity contribution in [3.63, 3.8) is 0 Å². The van der Waals surface area contributed by atoms with Crippen LogP contribution in [0.3, 0.4) is 0 Å². The highest BCUT2D eigenvalue weighted by Crippen LogP contribution is 2.30. The molecule has 0 saturated heterocycles. The van der Waals surface area contributed by atoms with Gasteiger partial charge in [-0.1, -0.05) is 19.1 Å². The van der Waals surface area contributed by atoms with Crippen LogP contribution < -0.4 is 4.90 Å². The Morgan fingerprint density at radius 3 is 2.31 bits per heavy atom. The fraction of sp³-hybridized carbons (Fsp3) is 0.167. The summed E-state index contributed by atoms with van der Waals surface area (Å²) in [5, 5.41) is 14.2. The number of amides is 2. The van der Waals surface area contributed by atoms with Crippen LogP contribution in [0.4, 0.5) is 5.82 Å². The molecule has 130 valence electrons. The Hall–Kier alpha value is -3.55. The summed E-state index contributed by atoms with van der Waals surface area (Å²) in [4.78, 5) is 34.9. The van der Waals surface area contributed by atoms with E-state index >= 15 is 0 Å². The lowest BCUT2D eigenvalue weighted by Gasteiger charge is -2.15. The third-order valence-electron chi connectivity index (χ3n) is 4.14. The van der Waals surface area contributed by atoms with E-state index in [-0.39, 0.29) is 17.6 Å². The average Bonchev–Trinajstić information content (AvgIpc) is 3.13. The Bertz CT molecular complexity index is 1020. The molecular formula is C18H15N5O3. The number of aryl methyl sites for hydroxylation is 2. The molecule has 1 N–H and O–H groups in total. The van der Waals surface area contributed by atoms with Crippen molar-refractivity contribution < 1.29 is 14.7 Å². The van der Waals surface area contributed by atoms with Gasteiger partial charge in [0.1, 0.15) is 5.82 Å². The first-order chi connectivity index (χ1) is 12.5. The molecule has 0 unspecified atom stereocenters. The van der Waals surface area contributed by atoms with Gasteiger partial charge in [0, 0.05) is 17.8 Å². The van der Waals surface area contributed by atoms with Crippen LogP contribution in [0.2, 0.25) is 0 Å². The Balaban J connectivity index is 1.87. The van der Waals surface area contributed by atoms with Gasteiger partial charge in [-0.3, -0.25) is 9.59 Å². The zero-order chi connectivity index (χ0) is 18.4. The summed E-state index contributed by atoms with van der Waals surface area (Å²) >= 11 is 0. The number of benzene rings is 1. The standard InChI is InChI=1S/C18H15N5O3/c1-3-11-9-14(24)20-18(19-11)23-15(8-10(2)21-23)22-16(25)12-6-4-5-7-13(12)17(22)26/h4-9H,3H2,1-2H3,(H,19,20,24). The number of fused-ring (bicyclic) bond motifs is 1. The SMILES string of the molecule is CCc1cc(O)nc(-n2nc(C)cc2N2C(=O)c3ccccc3C2=O)n1. The molecule has 1 aromatic carbocycles. The highest BCUT2D eigenvalue weighted by molar-refractivity contribution is 6.34. The van der Waals surface area contributed by atoms with E-state index in [1.165, 1.54) is 10.7 Å². The quantitative estimate of drug-likeness (QED) is 0.726. The second-order valence-electron chi connectivity index (χ2n) is 5.92. The first-order valence-electron chi connectivity index (χ1n) is 8.11. The lowest BCUT2D eigenvalue weighted by molar-refractivity contribution is 0.0924. The minimum Gasteiger partial charge on any atom is -0.493 e. The van der Waals surface area contributed by atoms with Crippen molar-refractivity contribution in [3.8, 4) is 11.8 Å². The van der Waals surface area contributed by atoms with Crippen molar-refractivity contribution >= 4 is 17.6 Å². The molecule has 3 aromatic rings. The predicted molar refractivity (Wildman–Crippen MR) is 92.5 cm³/mol. The second kappa shape index (κ2) is 5.76. The van der Waals surface area contributed by atoms with Gasteiger partial charge in [0.15, 0.2) is 0 Å². The van der Waals surface area contributed by atoms with Crippen LogP contribution in [-0.2, 0) is 6.42 Å². The van der Waals surface area contributed by atoms with Gasteiger partial charge in [0.05, 0.1) is 16.8 Å². The fourth-order valence-electron chi connectivity index (χ4n) is 2.93. The van der Waals surface area contributed by atoms with Crippen LogP contribution in [0, 0.1) is 6.92 Å². The zero-order valence-corrected chi connectivity index (χ0v) is 14.2. The van der Waals surface area contributed by atoms with E-state index < -0.39 is 11.8 Å². The molecule has 2 amide bonds. The largest absolute Gasteiger partial charge is 0.493 e. The Labute approximate surface area is 148 Å².